The van der Waals surface area contributed by atoms with Crippen LogP contribution < -0.4 is 10.5 Å². The Labute approximate surface area is 240 Å². The number of hydrogen-bond acceptors (Lipinski definition) is 4. The predicted octanol–water partition coefficient (Wildman–Crippen LogP) is 7.15. The maximum Gasteiger partial charge on any atom is 0.338 e. The van der Waals surface area contributed by atoms with Gasteiger partial charge in [0, 0.05) is 34.5 Å². The first-order valence-electron chi connectivity index (χ1n) is 13.4. The summed E-state index contributed by atoms with van der Waals surface area (Å²) in [6.45, 7) is 2.85. The minimum absolute atomic E-state index is 0.0317. The van der Waals surface area contributed by atoms with Crippen LogP contribution in [0.25, 0.3) is 10.9 Å². The summed E-state index contributed by atoms with van der Waals surface area (Å²) in [7, 11) is 1.38. The quantitative estimate of drug-likeness (QED) is 0.187. The minimum Gasteiger partial charge on any atom is -0.493 e. The molecule has 0 atom stereocenters. The van der Waals surface area contributed by atoms with Gasteiger partial charge in [-0.1, -0.05) is 72.3 Å². The zero-order valence-electron chi connectivity index (χ0n) is 22.8. The molecule has 0 amide bonds. The summed E-state index contributed by atoms with van der Waals surface area (Å²) in [5.41, 5.74) is 13.4. The highest BCUT2D eigenvalue weighted by Gasteiger charge is 2.25. The summed E-state index contributed by atoms with van der Waals surface area (Å²) in [4.78, 5) is 12.0. The number of carbonyl (C=O) groups excluding carboxylic acids is 1. The average Bonchev–Trinajstić information content (AvgIpc) is 3.26. The second-order valence-electron chi connectivity index (χ2n) is 9.79. The van der Waals surface area contributed by atoms with E-state index >= 15 is 0 Å². The first kappa shape index (κ1) is 27.5. The molecule has 204 valence electrons. The van der Waals surface area contributed by atoms with Gasteiger partial charge in [-0.3, -0.25) is 0 Å². The molecule has 1 aromatic heterocycles. The Morgan fingerprint density at radius 1 is 0.900 bits per heavy atom. The van der Waals surface area contributed by atoms with Crippen LogP contribution in [0.3, 0.4) is 0 Å². The number of halogens is 1. The SMILES string of the molecule is COC(=O)c1ccc(OCCc2c(CCN)n(C(c3ccccc3)c3ccccc3)c3ccc(Cl)cc23)cc1C. The third-order valence-corrected chi connectivity index (χ3v) is 7.51. The molecule has 0 aliphatic carbocycles. The third kappa shape index (κ3) is 5.62. The second kappa shape index (κ2) is 12.4. The molecule has 0 spiro atoms. The van der Waals surface area contributed by atoms with E-state index in [1.54, 1.807) is 12.1 Å². The molecule has 40 heavy (non-hydrogen) atoms. The number of hydrogen-bond donors (Lipinski definition) is 1. The molecule has 1 heterocycles. The van der Waals surface area contributed by atoms with Crippen LogP contribution in [-0.4, -0.2) is 30.8 Å². The van der Waals surface area contributed by atoms with Crippen molar-refractivity contribution >= 4 is 28.5 Å². The molecule has 0 bridgehead atoms. The number of carbonyl (C=O) groups is 1. The van der Waals surface area contributed by atoms with Crippen LogP contribution in [0.15, 0.2) is 97.1 Å². The Morgan fingerprint density at radius 3 is 2.17 bits per heavy atom. The van der Waals surface area contributed by atoms with Gasteiger partial charge in [0.05, 0.1) is 25.3 Å². The molecule has 0 fully saturated rings. The van der Waals surface area contributed by atoms with Gasteiger partial charge in [0.15, 0.2) is 0 Å². The van der Waals surface area contributed by atoms with Crippen LogP contribution in [-0.2, 0) is 17.6 Å². The Hall–Kier alpha value is -4.06. The Balaban J connectivity index is 1.57. The summed E-state index contributed by atoms with van der Waals surface area (Å²) >= 11 is 6.54. The lowest BCUT2D eigenvalue weighted by atomic mass is 9.97. The standard InChI is InChI=1S/C34H33ClN2O3/c1-23-21-27(14-15-28(23)34(38)39-2)40-20-18-29-30-22-26(35)13-16-31(30)37(32(29)17-19-36)33(24-9-5-3-6-10-24)25-11-7-4-8-12-25/h3-16,21-22,33H,17-20,36H2,1-2H3. The Kier molecular flexibility index (Phi) is 8.54. The van der Waals surface area contributed by atoms with Gasteiger partial charge in [-0.05, 0) is 72.1 Å². The summed E-state index contributed by atoms with van der Waals surface area (Å²) in [6.07, 6.45) is 1.39. The molecule has 6 heteroatoms. The molecule has 0 aliphatic rings. The smallest absolute Gasteiger partial charge is 0.338 e. The Morgan fingerprint density at radius 2 is 1.57 bits per heavy atom. The van der Waals surface area contributed by atoms with E-state index in [1.807, 2.05) is 37.3 Å². The maximum atomic E-state index is 12.0. The van der Waals surface area contributed by atoms with Crippen LogP contribution in [0.4, 0.5) is 0 Å². The van der Waals surface area contributed by atoms with Crippen molar-refractivity contribution in [3.8, 4) is 5.75 Å². The second-order valence-corrected chi connectivity index (χ2v) is 10.2. The van der Waals surface area contributed by atoms with Crippen LogP contribution >= 0.6 is 11.6 Å². The van der Waals surface area contributed by atoms with Crippen molar-refractivity contribution in [1.82, 2.24) is 4.57 Å². The number of nitrogens with zero attached hydrogens (tertiary/aromatic N) is 1. The van der Waals surface area contributed by atoms with Crippen molar-refractivity contribution < 1.29 is 14.3 Å². The summed E-state index contributed by atoms with van der Waals surface area (Å²) in [5, 5.41) is 1.80. The molecule has 5 nitrogen and oxygen atoms in total. The monoisotopic (exact) mass is 552 g/mol. The van der Waals surface area contributed by atoms with Gasteiger partial charge in [-0.25, -0.2) is 4.79 Å². The van der Waals surface area contributed by atoms with Gasteiger partial charge in [0.2, 0.25) is 0 Å². The van der Waals surface area contributed by atoms with Crippen LogP contribution in [0, 0.1) is 6.92 Å². The molecular formula is C34H33ClN2O3. The van der Waals surface area contributed by atoms with Crippen molar-refractivity contribution in [2.75, 3.05) is 20.3 Å². The van der Waals surface area contributed by atoms with E-state index in [0.29, 0.717) is 42.3 Å². The molecule has 0 saturated carbocycles. The first-order valence-corrected chi connectivity index (χ1v) is 13.8. The lowest BCUT2D eigenvalue weighted by Gasteiger charge is -2.25. The zero-order chi connectivity index (χ0) is 28.1. The number of aryl methyl sites for hydroxylation is 1. The topological polar surface area (TPSA) is 66.5 Å². The number of methoxy groups -OCH3 is 1. The molecule has 0 unspecified atom stereocenters. The van der Waals surface area contributed by atoms with E-state index in [0.717, 1.165) is 16.5 Å². The van der Waals surface area contributed by atoms with Crippen molar-refractivity contribution in [2.45, 2.75) is 25.8 Å². The van der Waals surface area contributed by atoms with Crippen LogP contribution in [0.1, 0.15) is 44.3 Å². The number of ether oxygens (including phenoxy) is 2. The van der Waals surface area contributed by atoms with Gasteiger partial charge in [0.25, 0.3) is 0 Å². The zero-order valence-corrected chi connectivity index (χ0v) is 23.5. The molecule has 2 N–H and O–H groups in total. The highest BCUT2D eigenvalue weighted by atomic mass is 35.5. The fourth-order valence-corrected chi connectivity index (χ4v) is 5.66. The van der Waals surface area contributed by atoms with Gasteiger partial charge in [0.1, 0.15) is 5.75 Å². The van der Waals surface area contributed by atoms with Crippen molar-refractivity contribution in [3.05, 3.63) is 136 Å². The molecule has 0 saturated heterocycles. The van der Waals surface area contributed by atoms with E-state index in [4.69, 9.17) is 26.8 Å². The minimum atomic E-state index is -0.355. The summed E-state index contributed by atoms with van der Waals surface area (Å²) in [5.74, 6) is 0.352. The van der Waals surface area contributed by atoms with Gasteiger partial charge < -0.3 is 19.8 Å². The van der Waals surface area contributed by atoms with E-state index in [9.17, 15) is 4.79 Å². The van der Waals surface area contributed by atoms with Crippen molar-refractivity contribution in [2.24, 2.45) is 5.73 Å². The highest BCUT2D eigenvalue weighted by Crippen LogP contribution is 2.37. The lowest BCUT2D eigenvalue weighted by molar-refractivity contribution is 0.0600. The van der Waals surface area contributed by atoms with Gasteiger partial charge >= 0.3 is 5.97 Å². The third-order valence-electron chi connectivity index (χ3n) is 7.28. The molecule has 4 aromatic carbocycles. The molecule has 0 aliphatic heterocycles. The summed E-state index contributed by atoms with van der Waals surface area (Å²) in [6, 6.07) is 32.6. The number of benzene rings is 4. The molecule has 5 rings (SSSR count). The number of esters is 1. The number of aromatic nitrogens is 1. The summed E-state index contributed by atoms with van der Waals surface area (Å²) < 4.78 is 13.5. The maximum absolute atomic E-state index is 12.0. The number of nitrogens with two attached hydrogens (primary N) is 1. The van der Waals surface area contributed by atoms with E-state index in [-0.39, 0.29) is 12.0 Å². The van der Waals surface area contributed by atoms with Crippen molar-refractivity contribution in [1.29, 1.82) is 0 Å². The number of fused-ring (bicyclic) bond motifs is 1. The van der Waals surface area contributed by atoms with Crippen LogP contribution in [0.5, 0.6) is 5.75 Å². The average molecular weight is 553 g/mol. The number of rotatable bonds is 10. The molecular weight excluding hydrogens is 520 g/mol. The van der Waals surface area contributed by atoms with Crippen molar-refractivity contribution in [3.63, 3.8) is 0 Å². The van der Waals surface area contributed by atoms with E-state index < -0.39 is 0 Å². The van der Waals surface area contributed by atoms with Gasteiger partial charge in [-0.2, -0.15) is 0 Å². The largest absolute Gasteiger partial charge is 0.493 e. The van der Waals surface area contributed by atoms with E-state index in [2.05, 4.69) is 59.2 Å². The molecule has 0 radical (unpaired) electrons. The fraction of sp³-hybridized carbons (Fsp3) is 0.206. The highest BCUT2D eigenvalue weighted by molar-refractivity contribution is 6.31. The fourth-order valence-electron chi connectivity index (χ4n) is 5.49. The normalized spacial score (nSPS) is 11.2. The first-order chi connectivity index (χ1) is 19.5. The van der Waals surface area contributed by atoms with Gasteiger partial charge in [-0.15, -0.1) is 0 Å². The Bertz CT molecular complexity index is 1570. The van der Waals surface area contributed by atoms with E-state index in [1.165, 1.54) is 29.5 Å². The van der Waals surface area contributed by atoms with Crippen LogP contribution in [0.2, 0.25) is 5.02 Å². The predicted molar refractivity (Wildman–Crippen MR) is 162 cm³/mol. The lowest BCUT2D eigenvalue weighted by Crippen LogP contribution is -2.18. The molecule has 5 aromatic rings.